The average Bonchev–Trinajstić information content (AvgIpc) is 2.47. The zero-order chi connectivity index (χ0) is 9.47. The minimum absolute atomic E-state index is 0.0679. The molecule has 2 rings (SSSR count). The normalized spacial score (nSPS) is 12.2. The molecule has 0 saturated carbocycles. The summed E-state index contributed by atoms with van der Waals surface area (Å²) in [5.74, 6) is 0. The Hall–Kier alpha value is -1.38. The lowest BCUT2D eigenvalue weighted by Crippen LogP contribution is -2.13. The molecule has 0 atom stereocenters. The summed E-state index contributed by atoms with van der Waals surface area (Å²) in [6.45, 7) is 6.40. The molecule has 2 aromatic rings. The Bertz CT molecular complexity index is 423. The molecule has 0 aliphatic heterocycles. The van der Waals surface area contributed by atoms with Crippen LogP contribution in [0.4, 0.5) is 0 Å². The highest BCUT2D eigenvalue weighted by atomic mass is 14.9. The molecule has 0 spiro atoms. The van der Waals surface area contributed by atoms with Crippen LogP contribution in [-0.2, 0) is 5.41 Å². The Labute approximate surface area is 77.2 Å². The molecule has 0 aliphatic carbocycles. The first kappa shape index (κ1) is 8.23. The molecule has 0 aromatic carbocycles. The maximum Gasteiger partial charge on any atom is 0.106 e. The zero-order valence-electron chi connectivity index (χ0n) is 8.13. The van der Waals surface area contributed by atoms with Crippen LogP contribution >= 0.6 is 0 Å². The minimum atomic E-state index is 0.0679. The largest absolute Gasteiger partial charge is 0.364 e. The molecule has 0 amide bonds. The first-order chi connectivity index (χ1) is 6.07. The van der Waals surface area contributed by atoms with Gasteiger partial charge < -0.3 is 4.98 Å². The molecule has 0 radical (unpaired) electrons. The van der Waals surface area contributed by atoms with E-state index in [-0.39, 0.29) is 5.41 Å². The van der Waals surface area contributed by atoms with Crippen molar-refractivity contribution >= 4 is 11.0 Å². The number of H-pyrrole nitrogens is 1. The van der Waals surface area contributed by atoms with Gasteiger partial charge in [0.1, 0.15) is 11.0 Å². The van der Waals surface area contributed by atoms with Gasteiger partial charge in [0.15, 0.2) is 0 Å². The minimum Gasteiger partial charge on any atom is -0.364 e. The van der Waals surface area contributed by atoms with Gasteiger partial charge in [0.25, 0.3) is 0 Å². The van der Waals surface area contributed by atoms with Crippen LogP contribution in [0, 0.1) is 0 Å². The summed E-state index contributed by atoms with van der Waals surface area (Å²) in [7, 11) is 0. The summed E-state index contributed by atoms with van der Waals surface area (Å²) in [5.41, 5.74) is 2.96. The van der Waals surface area contributed by atoms with Gasteiger partial charge in [-0.2, -0.15) is 0 Å². The number of hydrogen-bond donors (Lipinski definition) is 1. The average molecular weight is 175 g/mol. The molecule has 68 valence electrons. The predicted molar refractivity (Wildman–Crippen MR) is 52.6 cm³/mol. The topological polar surface area (TPSA) is 41.6 Å². The Morgan fingerprint density at radius 1 is 1.15 bits per heavy atom. The van der Waals surface area contributed by atoms with Gasteiger partial charge >= 0.3 is 0 Å². The number of nitrogens with zero attached hydrogens (tertiary/aromatic N) is 2. The Balaban J connectivity index is 2.61. The fraction of sp³-hybridized carbons (Fsp3) is 0.400. The summed E-state index contributed by atoms with van der Waals surface area (Å²) >= 11 is 0. The fourth-order valence-electron chi connectivity index (χ4n) is 1.19. The zero-order valence-corrected chi connectivity index (χ0v) is 8.13. The van der Waals surface area contributed by atoms with Gasteiger partial charge in [-0.15, -0.1) is 0 Å². The van der Waals surface area contributed by atoms with Crippen LogP contribution in [0.1, 0.15) is 26.5 Å². The SMILES string of the molecule is CC(C)(C)c1cnc2c[nH]cc2n1. The van der Waals surface area contributed by atoms with E-state index in [1.807, 2.05) is 18.6 Å². The first-order valence-corrected chi connectivity index (χ1v) is 4.37. The summed E-state index contributed by atoms with van der Waals surface area (Å²) < 4.78 is 0. The second kappa shape index (κ2) is 2.55. The molecule has 0 unspecified atom stereocenters. The van der Waals surface area contributed by atoms with E-state index in [2.05, 4.69) is 35.7 Å². The second-order valence-electron chi connectivity index (χ2n) is 4.23. The molecule has 3 heteroatoms. The van der Waals surface area contributed by atoms with Crippen molar-refractivity contribution < 1.29 is 0 Å². The molecule has 13 heavy (non-hydrogen) atoms. The van der Waals surface area contributed by atoms with Crippen LogP contribution < -0.4 is 0 Å². The van der Waals surface area contributed by atoms with Crippen LogP contribution in [0.3, 0.4) is 0 Å². The molecule has 2 heterocycles. The van der Waals surface area contributed by atoms with E-state index in [4.69, 9.17) is 0 Å². The summed E-state index contributed by atoms with van der Waals surface area (Å²) in [4.78, 5) is 11.8. The van der Waals surface area contributed by atoms with Crippen LogP contribution in [-0.4, -0.2) is 15.0 Å². The molecule has 1 N–H and O–H groups in total. The molecule has 0 bridgehead atoms. The van der Waals surface area contributed by atoms with E-state index in [1.165, 1.54) is 0 Å². The number of aromatic amines is 1. The number of rotatable bonds is 0. The molecule has 3 nitrogen and oxygen atoms in total. The van der Waals surface area contributed by atoms with E-state index < -0.39 is 0 Å². The van der Waals surface area contributed by atoms with Crippen LogP contribution in [0.2, 0.25) is 0 Å². The Morgan fingerprint density at radius 2 is 1.85 bits per heavy atom. The monoisotopic (exact) mass is 175 g/mol. The van der Waals surface area contributed by atoms with Crippen molar-refractivity contribution in [1.29, 1.82) is 0 Å². The first-order valence-electron chi connectivity index (χ1n) is 4.37. The lowest BCUT2D eigenvalue weighted by molar-refractivity contribution is 0.569. The maximum atomic E-state index is 4.51. The van der Waals surface area contributed by atoms with Crippen LogP contribution in [0.5, 0.6) is 0 Å². The van der Waals surface area contributed by atoms with Crippen molar-refractivity contribution in [3.8, 4) is 0 Å². The van der Waals surface area contributed by atoms with Gasteiger partial charge in [-0.25, -0.2) is 4.98 Å². The van der Waals surface area contributed by atoms with Crippen molar-refractivity contribution in [2.45, 2.75) is 26.2 Å². The highest BCUT2D eigenvalue weighted by molar-refractivity contribution is 5.72. The van der Waals surface area contributed by atoms with Crippen molar-refractivity contribution in [2.24, 2.45) is 0 Å². The number of hydrogen-bond acceptors (Lipinski definition) is 2. The third-order valence-electron chi connectivity index (χ3n) is 2.04. The van der Waals surface area contributed by atoms with Gasteiger partial charge in [-0.3, -0.25) is 4.98 Å². The summed E-state index contributed by atoms with van der Waals surface area (Å²) in [6, 6.07) is 0. The molecule has 2 aromatic heterocycles. The third-order valence-corrected chi connectivity index (χ3v) is 2.04. The van der Waals surface area contributed by atoms with Gasteiger partial charge in [0.2, 0.25) is 0 Å². The van der Waals surface area contributed by atoms with E-state index in [9.17, 15) is 0 Å². The lowest BCUT2D eigenvalue weighted by atomic mass is 9.93. The highest BCUT2D eigenvalue weighted by Gasteiger charge is 2.16. The van der Waals surface area contributed by atoms with E-state index in [0.29, 0.717) is 0 Å². The van der Waals surface area contributed by atoms with E-state index >= 15 is 0 Å². The van der Waals surface area contributed by atoms with E-state index in [1.54, 1.807) is 0 Å². The van der Waals surface area contributed by atoms with Gasteiger partial charge in [-0.1, -0.05) is 20.8 Å². The Morgan fingerprint density at radius 3 is 2.54 bits per heavy atom. The van der Waals surface area contributed by atoms with Crippen LogP contribution in [0.15, 0.2) is 18.6 Å². The van der Waals surface area contributed by atoms with E-state index in [0.717, 1.165) is 16.7 Å². The Kier molecular flexibility index (Phi) is 1.62. The summed E-state index contributed by atoms with van der Waals surface area (Å²) in [6.07, 6.45) is 5.57. The lowest BCUT2D eigenvalue weighted by Gasteiger charge is -2.16. The molecular formula is C10H13N3. The van der Waals surface area contributed by atoms with Crippen molar-refractivity contribution in [1.82, 2.24) is 15.0 Å². The summed E-state index contributed by atoms with van der Waals surface area (Å²) in [5, 5.41) is 0. The predicted octanol–water partition coefficient (Wildman–Crippen LogP) is 2.26. The quantitative estimate of drug-likeness (QED) is 0.667. The smallest absolute Gasteiger partial charge is 0.106 e. The molecule has 0 fully saturated rings. The number of nitrogens with one attached hydrogen (secondary N) is 1. The standard InChI is InChI=1S/C10H13N3/c1-10(2,3)9-6-12-7-4-11-5-8(7)13-9/h4-6,11H,1-3H3. The molecular weight excluding hydrogens is 162 g/mol. The van der Waals surface area contributed by atoms with Gasteiger partial charge in [0, 0.05) is 24.0 Å². The van der Waals surface area contributed by atoms with Gasteiger partial charge in [0.05, 0.1) is 5.69 Å². The van der Waals surface area contributed by atoms with Crippen LogP contribution in [0.25, 0.3) is 11.0 Å². The number of fused-ring (bicyclic) bond motifs is 1. The van der Waals surface area contributed by atoms with Crippen molar-refractivity contribution in [2.75, 3.05) is 0 Å². The van der Waals surface area contributed by atoms with Gasteiger partial charge in [-0.05, 0) is 0 Å². The fourth-order valence-corrected chi connectivity index (χ4v) is 1.19. The second-order valence-corrected chi connectivity index (χ2v) is 4.23. The molecule has 0 aliphatic rings. The molecule has 0 saturated heterocycles. The van der Waals surface area contributed by atoms with Crippen molar-refractivity contribution in [3.63, 3.8) is 0 Å². The van der Waals surface area contributed by atoms with Crippen molar-refractivity contribution in [3.05, 3.63) is 24.3 Å². The number of aromatic nitrogens is 3. The highest BCUT2D eigenvalue weighted by Crippen LogP contribution is 2.20. The third kappa shape index (κ3) is 1.41. The maximum absolute atomic E-state index is 4.51.